The largest absolute Gasteiger partial charge is 0.479 e. The average Bonchev–Trinajstić information content (AvgIpc) is 2.75. The smallest absolute Gasteiger partial charge is 0.162 e. The minimum atomic E-state index is -0.0209. The molecule has 0 amide bonds. The molecule has 2 heterocycles. The van der Waals surface area contributed by atoms with Gasteiger partial charge in [-0.15, -0.1) is 11.3 Å². The van der Waals surface area contributed by atoms with Crippen LogP contribution in [0.3, 0.4) is 0 Å². The normalized spacial score (nSPS) is 17.8. The molecule has 1 aliphatic rings. The quantitative estimate of drug-likeness (QED) is 0.735. The fourth-order valence-corrected chi connectivity index (χ4v) is 3.85. The minimum Gasteiger partial charge on any atom is -0.479 e. The molecular formula is C12H8BrCl2NOS. The number of ether oxygens (including phenoxy) is 1. The van der Waals surface area contributed by atoms with Gasteiger partial charge in [-0.2, -0.15) is 0 Å². The highest BCUT2D eigenvalue weighted by molar-refractivity contribution is 9.11. The summed E-state index contributed by atoms with van der Waals surface area (Å²) in [6.45, 7) is 0.705. The topological polar surface area (TPSA) is 21.3 Å². The van der Waals surface area contributed by atoms with Crippen LogP contribution in [0.4, 0.5) is 5.69 Å². The number of fused-ring (bicyclic) bond motifs is 1. The molecule has 0 fully saturated rings. The van der Waals surface area contributed by atoms with Crippen molar-refractivity contribution in [1.82, 2.24) is 0 Å². The molecular weight excluding hydrogens is 357 g/mol. The van der Waals surface area contributed by atoms with Gasteiger partial charge in [0, 0.05) is 9.90 Å². The van der Waals surface area contributed by atoms with Crippen LogP contribution in [0.15, 0.2) is 28.1 Å². The van der Waals surface area contributed by atoms with Crippen molar-refractivity contribution >= 4 is 56.2 Å². The van der Waals surface area contributed by atoms with E-state index in [1.807, 2.05) is 12.1 Å². The average molecular weight is 365 g/mol. The minimum absolute atomic E-state index is 0.0209. The maximum atomic E-state index is 6.15. The van der Waals surface area contributed by atoms with Gasteiger partial charge in [0.05, 0.1) is 21.0 Å². The molecule has 18 heavy (non-hydrogen) atoms. The molecule has 1 N–H and O–H groups in total. The number of hydrogen-bond donors (Lipinski definition) is 1. The molecule has 0 aliphatic carbocycles. The van der Waals surface area contributed by atoms with Crippen LogP contribution in [0.5, 0.6) is 5.75 Å². The first-order valence-electron chi connectivity index (χ1n) is 5.28. The lowest BCUT2D eigenvalue weighted by atomic mass is 10.2. The van der Waals surface area contributed by atoms with E-state index in [0.29, 0.717) is 22.3 Å². The lowest BCUT2D eigenvalue weighted by molar-refractivity contribution is 0.214. The number of thiophene rings is 1. The van der Waals surface area contributed by atoms with Crippen LogP contribution in [0.25, 0.3) is 0 Å². The van der Waals surface area contributed by atoms with Gasteiger partial charge in [0.15, 0.2) is 11.9 Å². The van der Waals surface area contributed by atoms with E-state index in [-0.39, 0.29) is 6.10 Å². The summed E-state index contributed by atoms with van der Waals surface area (Å²) >= 11 is 17.2. The van der Waals surface area contributed by atoms with E-state index in [1.165, 1.54) is 0 Å². The van der Waals surface area contributed by atoms with Crippen LogP contribution in [-0.2, 0) is 0 Å². The summed E-state index contributed by atoms with van der Waals surface area (Å²) in [5.74, 6) is 0.668. The Labute approximate surface area is 127 Å². The van der Waals surface area contributed by atoms with E-state index < -0.39 is 0 Å². The van der Waals surface area contributed by atoms with Crippen LogP contribution >= 0.6 is 50.5 Å². The van der Waals surface area contributed by atoms with Gasteiger partial charge in [0.1, 0.15) is 0 Å². The maximum absolute atomic E-state index is 6.15. The summed E-state index contributed by atoms with van der Waals surface area (Å²) in [7, 11) is 0. The third-order valence-corrected chi connectivity index (χ3v) is 4.87. The van der Waals surface area contributed by atoms with Crippen molar-refractivity contribution in [2.45, 2.75) is 6.10 Å². The molecule has 0 spiro atoms. The van der Waals surface area contributed by atoms with E-state index in [2.05, 4.69) is 27.3 Å². The number of hydrogen-bond acceptors (Lipinski definition) is 3. The Kier molecular flexibility index (Phi) is 3.45. The lowest BCUT2D eigenvalue weighted by Crippen LogP contribution is -2.23. The second-order valence-electron chi connectivity index (χ2n) is 3.89. The van der Waals surface area contributed by atoms with Crippen molar-refractivity contribution < 1.29 is 4.74 Å². The highest BCUT2D eigenvalue weighted by atomic mass is 79.9. The van der Waals surface area contributed by atoms with Crippen molar-refractivity contribution in [3.05, 3.63) is 43.0 Å². The molecule has 1 aromatic heterocycles. The summed E-state index contributed by atoms with van der Waals surface area (Å²) < 4.78 is 7.05. The predicted molar refractivity (Wildman–Crippen MR) is 80.3 cm³/mol. The third kappa shape index (κ3) is 2.35. The Morgan fingerprint density at radius 2 is 2.17 bits per heavy atom. The number of halogens is 3. The van der Waals surface area contributed by atoms with Gasteiger partial charge in [-0.1, -0.05) is 23.2 Å². The van der Waals surface area contributed by atoms with Gasteiger partial charge in [-0.05, 0) is 40.2 Å². The zero-order valence-electron chi connectivity index (χ0n) is 9.04. The Bertz CT molecular complexity index is 602. The summed E-state index contributed by atoms with van der Waals surface area (Å²) in [5, 5.41) is 4.44. The molecule has 6 heteroatoms. The number of anilines is 1. The molecule has 94 valence electrons. The molecule has 0 saturated heterocycles. The molecule has 2 nitrogen and oxygen atoms in total. The van der Waals surface area contributed by atoms with Crippen LogP contribution in [0, 0.1) is 0 Å². The molecule has 1 atom stereocenters. The molecule has 1 aromatic carbocycles. The molecule has 0 radical (unpaired) electrons. The highest BCUT2D eigenvalue weighted by Crippen LogP contribution is 2.43. The Hall–Kier alpha value is -0.420. The third-order valence-electron chi connectivity index (χ3n) is 2.66. The van der Waals surface area contributed by atoms with Gasteiger partial charge >= 0.3 is 0 Å². The van der Waals surface area contributed by atoms with Gasteiger partial charge in [-0.25, -0.2) is 0 Å². The summed E-state index contributed by atoms with van der Waals surface area (Å²) in [5.41, 5.74) is 0.847. The summed E-state index contributed by atoms with van der Waals surface area (Å²) in [6, 6.07) is 7.58. The predicted octanol–water partition coefficient (Wildman–Crippen LogP) is 5.36. The van der Waals surface area contributed by atoms with Gasteiger partial charge < -0.3 is 10.1 Å². The van der Waals surface area contributed by atoms with E-state index in [9.17, 15) is 0 Å². The van der Waals surface area contributed by atoms with Crippen molar-refractivity contribution in [3.63, 3.8) is 0 Å². The second-order valence-corrected chi connectivity index (χ2v) is 7.23. The molecule has 1 unspecified atom stereocenters. The van der Waals surface area contributed by atoms with Crippen LogP contribution in [0.1, 0.15) is 11.0 Å². The monoisotopic (exact) mass is 363 g/mol. The van der Waals surface area contributed by atoms with Crippen molar-refractivity contribution in [1.29, 1.82) is 0 Å². The molecule has 1 aliphatic heterocycles. The van der Waals surface area contributed by atoms with Crippen molar-refractivity contribution in [2.24, 2.45) is 0 Å². The lowest BCUT2D eigenvalue weighted by Gasteiger charge is -2.27. The van der Waals surface area contributed by atoms with E-state index >= 15 is 0 Å². The SMILES string of the molecule is Clc1cc(Cl)c2c(c1)NCC(c1ccc(Br)s1)O2. The molecule has 3 rings (SSSR count). The van der Waals surface area contributed by atoms with Crippen molar-refractivity contribution in [2.75, 3.05) is 11.9 Å². The number of nitrogens with one attached hydrogen (secondary N) is 1. The highest BCUT2D eigenvalue weighted by Gasteiger charge is 2.24. The fraction of sp³-hybridized carbons (Fsp3) is 0.167. The maximum Gasteiger partial charge on any atom is 0.162 e. The first-order valence-corrected chi connectivity index (χ1v) is 7.65. The van der Waals surface area contributed by atoms with E-state index in [0.717, 1.165) is 14.4 Å². The van der Waals surface area contributed by atoms with E-state index in [4.69, 9.17) is 27.9 Å². The number of rotatable bonds is 1. The first-order chi connectivity index (χ1) is 8.63. The standard InChI is InChI=1S/C12H8BrCl2NOS/c13-11-2-1-10(18-11)9-5-16-8-4-6(14)3-7(15)12(8)17-9/h1-4,9,16H,5H2. The molecule has 2 aromatic rings. The Morgan fingerprint density at radius 1 is 1.33 bits per heavy atom. The zero-order chi connectivity index (χ0) is 12.7. The Balaban J connectivity index is 1.93. The van der Waals surface area contributed by atoms with Crippen LogP contribution in [-0.4, -0.2) is 6.54 Å². The first kappa shape index (κ1) is 12.6. The van der Waals surface area contributed by atoms with Gasteiger partial charge in [0.2, 0.25) is 0 Å². The van der Waals surface area contributed by atoms with Crippen LogP contribution in [0.2, 0.25) is 10.0 Å². The van der Waals surface area contributed by atoms with Crippen LogP contribution < -0.4 is 10.1 Å². The fourth-order valence-electron chi connectivity index (χ4n) is 1.86. The zero-order valence-corrected chi connectivity index (χ0v) is 13.0. The number of benzene rings is 1. The molecule has 0 bridgehead atoms. The second kappa shape index (κ2) is 4.93. The summed E-state index contributed by atoms with van der Waals surface area (Å²) in [4.78, 5) is 1.16. The molecule has 0 saturated carbocycles. The van der Waals surface area contributed by atoms with Gasteiger partial charge in [-0.3, -0.25) is 0 Å². The van der Waals surface area contributed by atoms with Gasteiger partial charge in [0.25, 0.3) is 0 Å². The van der Waals surface area contributed by atoms with E-state index in [1.54, 1.807) is 17.4 Å². The Morgan fingerprint density at radius 3 is 2.89 bits per heavy atom. The summed E-state index contributed by atoms with van der Waals surface area (Å²) in [6.07, 6.45) is -0.0209. The van der Waals surface area contributed by atoms with Crippen molar-refractivity contribution in [3.8, 4) is 5.75 Å².